The molecule has 2 heterocycles. The molecule has 2 aromatic rings. The molecule has 1 saturated heterocycles. The monoisotopic (exact) mass is 452 g/mol. The van der Waals surface area contributed by atoms with Gasteiger partial charge < -0.3 is 10.2 Å². The molecule has 1 N–H and O–H groups in total. The Labute approximate surface area is 169 Å². The van der Waals surface area contributed by atoms with Crippen LogP contribution in [0.5, 0.6) is 0 Å². The summed E-state index contributed by atoms with van der Waals surface area (Å²) in [5.41, 5.74) is -0.0747. The van der Waals surface area contributed by atoms with Crippen LogP contribution >= 0.6 is 27.7 Å². The van der Waals surface area contributed by atoms with Crippen LogP contribution in [-0.4, -0.2) is 49.5 Å². The van der Waals surface area contributed by atoms with Gasteiger partial charge in [-0.15, -0.1) is 11.8 Å². The van der Waals surface area contributed by atoms with Gasteiger partial charge in [-0.3, -0.25) is 19.0 Å². The van der Waals surface area contributed by atoms with E-state index in [4.69, 9.17) is 0 Å². The lowest BCUT2D eigenvalue weighted by atomic mass is 10.1. The summed E-state index contributed by atoms with van der Waals surface area (Å²) in [6.45, 7) is 5.56. The van der Waals surface area contributed by atoms with Crippen LogP contribution in [0.1, 0.15) is 20.8 Å². The number of benzene rings is 1. The van der Waals surface area contributed by atoms with Crippen molar-refractivity contribution in [2.75, 3.05) is 11.6 Å². The summed E-state index contributed by atoms with van der Waals surface area (Å²) in [7, 11) is 0. The summed E-state index contributed by atoms with van der Waals surface area (Å²) in [6, 6.07) is 4.72. The lowest BCUT2D eigenvalue weighted by molar-refractivity contribution is -0.139. The number of carbonyl (C=O) groups excluding carboxylic acids is 2. The van der Waals surface area contributed by atoms with Crippen LogP contribution < -0.4 is 10.9 Å². The largest absolute Gasteiger partial charge is 0.350 e. The molecule has 3 rings (SSSR count). The van der Waals surface area contributed by atoms with Crippen LogP contribution in [0.4, 0.5) is 0 Å². The van der Waals surface area contributed by atoms with Gasteiger partial charge in [-0.25, -0.2) is 4.98 Å². The zero-order valence-corrected chi connectivity index (χ0v) is 17.8. The van der Waals surface area contributed by atoms with Crippen LogP contribution in [0, 0.1) is 0 Å². The number of amides is 2. The van der Waals surface area contributed by atoms with Crippen molar-refractivity contribution in [1.29, 1.82) is 0 Å². The third-order valence-corrected chi connectivity index (χ3v) is 5.60. The molecule has 1 aromatic carbocycles. The zero-order chi connectivity index (χ0) is 19.8. The number of nitrogens with zero attached hydrogens (tertiary/aromatic N) is 3. The van der Waals surface area contributed by atoms with Crippen molar-refractivity contribution in [3.05, 3.63) is 39.4 Å². The topological polar surface area (TPSA) is 84.3 Å². The molecule has 27 heavy (non-hydrogen) atoms. The van der Waals surface area contributed by atoms with Crippen molar-refractivity contribution in [3.8, 4) is 0 Å². The Bertz CT molecular complexity index is 954. The number of halogens is 1. The highest BCUT2D eigenvalue weighted by molar-refractivity contribution is 9.10. The van der Waals surface area contributed by atoms with E-state index < -0.39 is 6.04 Å². The predicted octanol–water partition coefficient (Wildman–Crippen LogP) is 1.98. The van der Waals surface area contributed by atoms with E-state index in [9.17, 15) is 14.4 Å². The Morgan fingerprint density at radius 2 is 2.11 bits per heavy atom. The highest BCUT2D eigenvalue weighted by atomic mass is 79.9. The molecule has 144 valence electrons. The summed E-state index contributed by atoms with van der Waals surface area (Å²) in [4.78, 5) is 43.8. The van der Waals surface area contributed by atoms with Crippen molar-refractivity contribution in [2.24, 2.45) is 0 Å². The number of hydrogen-bond acceptors (Lipinski definition) is 5. The molecule has 0 spiro atoms. The lowest BCUT2D eigenvalue weighted by Gasteiger charge is -2.27. The molecular formula is C18H21BrN4O3S. The third-order valence-electron chi connectivity index (χ3n) is 4.10. The van der Waals surface area contributed by atoms with Crippen LogP contribution in [0.15, 0.2) is 33.8 Å². The smallest absolute Gasteiger partial charge is 0.261 e. The van der Waals surface area contributed by atoms with E-state index in [1.54, 1.807) is 12.1 Å². The second-order valence-electron chi connectivity index (χ2n) is 7.46. The van der Waals surface area contributed by atoms with Gasteiger partial charge >= 0.3 is 0 Å². The molecule has 0 radical (unpaired) electrons. The summed E-state index contributed by atoms with van der Waals surface area (Å²) < 4.78 is 2.06. The van der Waals surface area contributed by atoms with Gasteiger partial charge in [0.05, 0.1) is 23.1 Å². The molecule has 2 amide bonds. The fourth-order valence-corrected chi connectivity index (χ4v) is 4.38. The number of aromatic nitrogens is 2. The molecule has 0 bridgehead atoms. The maximum Gasteiger partial charge on any atom is 0.261 e. The normalized spacial score (nSPS) is 17.3. The minimum atomic E-state index is -0.528. The first-order valence-corrected chi connectivity index (χ1v) is 10.4. The fourth-order valence-electron chi connectivity index (χ4n) is 2.84. The number of nitrogens with one attached hydrogen (secondary N) is 1. The van der Waals surface area contributed by atoms with Crippen molar-refractivity contribution in [1.82, 2.24) is 19.8 Å². The van der Waals surface area contributed by atoms with Gasteiger partial charge in [0.25, 0.3) is 5.56 Å². The van der Waals surface area contributed by atoms with E-state index >= 15 is 0 Å². The van der Waals surface area contributed by atoms with Crippen LogP contribution in [0.3, 0.4) is 0 Å². The van der Waals surface area contributed by atoms with Crippen LogP contribution in [0.25, 0.3) is 10.9 Å². The van der Waals surface area contributed by atoms with Crippen molar-refractivity contribution >= 4 is 50.4 Å². The van der Waals surface area contributed by atoms with Gasteiger partial charge in [-0.1, -0.05) is 15.9 Å². The van der Waals surface area contributed by atoms with E-state index in [2.05, 4.69) is 26.2 Å². The molecule has 7 nitrogen and oxygen atoms in total. The maximum atomic E-state index is 12.8. The van der Waals surface area contributed by atoms with Crippen molar-refractivity contribution in [3.63, 3.8) is 0 Å². The van der Waals surface area contributed by atoms with Gasteiger partial charge in [0.1, 0.15) is 12.6 Å². The first kappa shape index (κ1) is 19.9. The minimum Gasteiger partial charge on any atom is -0.350 e. The van der Waals surface area contributed by atoms with Crippen molar-refractivity contribution < 1.29 is 9.59 Å². The fraction of sp³-hybridized carbons (Fsp3) is 0.444. The summed E-state index contributed by atoms with van der Waals surface area (Å²) in [6.07, 6.45) is 1.38. The van der Waals surface area contributed by atoms with Crippen molar-refractivity contribution in [2.45, 2.75) is 38.9 Å². The first-order valence-electron chi connectivity index (χ1n) is 8.50. The Morgan fingerprint density at radius 1 is 1.37 bits per heavy atom. The van der Waals surface area contributed by atoms with Gasteiger partial charge in [-0.2, -0.15) is 0 Å². The van der Waals surface area contributed by atoms with Gasteiger partial charge in [0, 0.05) is 15.8 Å². The number of carbonyl (C=O) groups is 2. The van der Waals surface area contributed by atoms with E-state index in [-0.39, 0.29) is 29.5 Å². The number of hydrogen-bond donors (Lipinski definition) is 1. The lowest BCUT2D eigenvalue weighted by Crippen LogP contribution is -2.53. The molecule has 0 saturated carbocycles. The Kier molecular flexibility index (Phi) is 5.62. The molecule has 1 unspecified atom stereocenters. The molecule has 1 aromatic heterocycles. The van der Waals surface area contributed by atoms with E-state index in [0.717, 1.165) is 4.47 Å². The molecule has 1 aliphatic heterocycles. The molecular weight excluding hydrogens is 432 g/mol. The quantitative estimate of drug-likeness (QED) is 0.769. The van der Waals surface area contributed by atoms with Gasteiger partial charge in [0.15, 0.2) is 0 Å². The average molecular weight is 453 g/mol. The number of fused-ring (bicyclic) bond motifs is 1. The Balaban J connectivity index is 1.80. The van der Waals surface area contributed by atoms with E-state index in [1.807, 2.05) is 26.8 Å². The Morgan fingerprint density at radius 3 is 2.81 bits per heavy atom. The highest BCUT2D eigenvalue weighted by Gasteiger charge is 2.36. The summed E-state index contributed by atoms with van der Waals surface area (Å²) in [5, 5.41) is 3.36. The van der Waals surface area contributed by atoms with Crippen LogP contribution in [-0.2, 0) is 16.1 Å². The Hall–Kier alpha value is -1.87. The maximum absolute atomic E-state index is 12.8. The third kappa shape index (κ3) is 4.52. The second-order valence-corrected chi connectivity index (χ2v) is 9.37. The summed E-state index contributed by atoms with van der Waals surface area (Å²) >= 11 is 4.87. The van der Waals surface area contributed by atoms with Crippen LogP contribution in [0.2, 0.25) is 0 Å². The predicted molar refractivity (Wildman–Crippen MR) is 110 cm³/mol. The molecule has 1 aliphatic rings. The number of rotatable bonds is 3. The highest BCUT2D eigenvalue weighted by Crippen LogP contribution is 2.22. The molecule has 1 fully saturated rings. The van der Waals surface area contributed by atoms with Gasteiger partial charge in [0.2, 0.25) is 11.8 Å². The second kappa shape index (κ2) is 7.63. The van der Waals surface area contributed by atoms with E-state index in [1.165, 1.54) is 27.6 Å². The van der Waals surface area contributed by atoms with Gasteiger partial charge in [-0.05, 0) is 39.0 Å². The molecule has 9 heteroatoms. The van der Waals surface area contributed by atoms with E-state index in [0.29, 0.717) is 22.5 Å². The minimum absolute atomic E-state index is 0.145. The molecule has 1 atom stereocenters. The average Bonchev–Trinajstić information content (AvgIpc) is 3.06. The number of thioether (sulfide) groups is 1. The zero-order valence-electron chi connectivity index (χ0n) is 15.4. The SMILES string of the molecule is CC(C)(C)NC(=O)C1CSCN1C(=O)Cn1cnc2ccc(Br)cc2c1=O. The first-order chi connectivity index (χ1) is 12.7. The standard InChI is InChI=1S/C18H21BrN4O3S/c1-18(2,3)21-16(25)14-8-27-10-23(14)15(24)7-22-9-20-13-5-4-11(19)6-12(13)17(22)26/h4-6,9,14H,7-8,10H2,1-3H3,(H,21,25). The summed E-state index contributed by atoms with van der Waals surface area (Å²) in [5.74, 6) is 0.537. The molecule has 0 aliphatic carbocycles.